The van der Waals surface area contributed by atoms with Crippen LogP contribution in [0.1, 0.15) is 51.2 Å². The molecule has 2 amide bonds. The van der Waals surface area contributed by atoms with Gasteiger partial charge in [-0.1, -0.05) is 54.9 Å². The van der Waals surface area contributed by atoms with E-state index in [-0.39, 0.29) is 30.8 Å². The summed E-state index contributed by atoms with van der Waals surface area (Å²) in [6.07, 6.45) is 2.67. The van der Waals surface area contributed by atoms with Gasteiger partial charge < -0.3 is 10.2 Å². The Morgan fingerprint density at radius 3 is 2.31 bits per heavy atom. The standard InChI is InChI=1S/C27H38ClN3O4S/c1-6-24(27(33)29-20(2)3)30(18-16-22-11-8-7-9-12-22)26(32)13-10-17-31(36(5,34)35)25-19-23(28)15-14-21(25)4/h7-9,11-12,14-15,19-20,24H,6,10,13,16-18H2,1-5H3,(H,29,33)/t24-/m0/s1. The molecule has 1 N–H and O–H groups in total. The molecule has 2 aromatic carbocycles. The van der Waals surface area contributed by atoms with Crippen molar-refractivity contribution >= 4 is 39.1 Å². The van der Waals surface area contributed by atoms with E-state index in [0.717, 1.165) is 17.4 Å². The van der Waals surface area contributed by atoms with Crippen molar-refractivity contribution in [2.24, 2.45) is 0 Å². The van der Waals surface area contributed by atoms with Gasteiger partial charge in [-0.05, 0) is 63.3 Å². The van der Waals surface area contributed by atoms with Crippen LogP contribution >= 0.6 is 11.6 Å². The van der Waals surface area contributed by atoms with Crippen LogP contribution in [0.3, 0.4) is 0 Å². The van der Waals surface area contributed by atoms with E-state index in [1.54, 1.807) is 23.1 Å². The maximum Gasteiger partial charge on any atom is 0.242 e. The Labute approximate surface area is 220 Å². The maximum absolute atomic E-state index is 13.4. The first-order valence-electron chi connectivity index (χ1n) is 12.3. The number of nitrogens with one attached hydrogen (secondary N) is 1. The Morgan fingerprint density at radius 1 is 1.06 bits per heavy atom. The van der Waals surface area contributed by atoms with E-state index < -0.39 is 16.1 Å². The van der Waals surface area contributed by atoms with Gasteiger partial charge in [-0.2, -0.15) is 0 Å². The second kappa shape index (κ2) is 13.7. The summed E-state index contributed by atoms with van der Waals surface area (Å²) in [5.74, 6) is -0.353. The number of aryl methyl sites for hydroxylation is 1. The van der Waals surface area contributed by atoms with Crippen molar-refractivity contribution in [1.82, 2.24) is 10.2 Å². The first kappa shape index (κ1) is 29.6. The molecule has 0 aromatic heterocycles. The first-order valence-corrected chi connectivity index (χ1v) is 14.5. The lowest BCUT2D eigenvalue weighted by molar-refractivity contribution is -0.141. The molecule has 0 saturated carbocycles. The van der Waals surface area contributed by atoms with Crippen LogP contribution in [0.25, 0.3) is 0 Å². The van der Waals surface area contributed by atoms with E-state index in [2.05, 4.69) is 5.32 Å². The van der Waals surface area contributed by atoms with E-state index in [0.29, 0.717) is 36.5 Å². The molecule has 0 unspecified atom stereocenters. The molecule has 0 aliphatic carbocycles. The number of nitrogens with zero attached hydrogens (tertiary/aromatic N) is 2. The topological polar surface area (TPSA) is 86.8 Å². The predicted molar refractivity (Wildman–Crippen MR) is 147 cm³/mol. The van der Waals surface area contributed by atoms with Crippen molar-refractivity contribution in [3.05, 3.63) is 64.7 Å². The van der Waals surface area contributed by atoms with Gasteiger partial charge >= 0.3 is 0 Å². The minimum absolute atomic E-state index is 0.0399. The summed E-state index contributed by atoms with van der Waals surface area (Å²) in [6, 6.07) is 14.3. The number of hydrogen-bond donors (Lipinski definition) is 1. The van der Waals surface area contributed by atoms with Gasteiger partial charge in [-0.25, -0.2) is 8.42 Å². The number of amides is 2. The van der Waals surface area contributed by atoms with Crippen LogP contribution in [-0.2, 0) is 26.0 Å². The molecule has 0 fully saturated rings. The number of rotatable bonds is 13. The summed E-state index contributed by atoms with van der Waals surface area (Å²) < 4.78 is 26.4. The predicted octanol–water partition coefficient (Wildman–Crippen LogP) is 4.57. The SMILES string of the molecule is CC[C@@H](C(=O)NC(C)C)N(CCc1ccccc1)C(=O)CCCN(c1cc(Cl)ccc1C)S(C)(=O)=O. The van der Waals surface area contributed by atoms with E-state index in [4.69, 9.17) is 11.6 Å². The molecular weight excluding hydrogens is 498 g/mol. The number of anilines is 1. The third kappa shape index (κ3) is 8.82. The lowest BCUT2D eigenvalue weighted by Gasteiger charge is -2.31. The minimum Gasteiger partial charge on any atom is -0.352 e. The molecule has 0 radical (unpaired) electrons. The molecular formula is C27H38ClN3O4S. The number of halogens is 1. The monoisotopic (exact) mass is 535 g/mol. The summed E-state index contributed by atoms with van der Waals surface area (Å²) in [5.41, 5.74) is 2.35. The second-order valence-corrected chi connectivity index (χ2v) is 11.6. The van der Waals surface area contributed by atoms with Gasteiger partial charge in [0, 0.05) is 30.6 Å². The highest BCUT2D eigenvalue weighted by Gasteiger charge is 2.29. The molecule has 198 valence electrons. The highest BCUT2D eigenvalue weighted by molar-refractivity contribution is 7.92. The molecule has 7 nitrogen and oxygen atoms in total. The fourth-order valence-corrected chi connectivity index (χ4v) is 5.29. The summed E-state index contributed by atoms with van der Waals surface area (Å²) in [5, 5.41) is 3.36. The van der Waals surface area contributed by atoms with E-state index in [9.17, 15) is 18.0 Å². The van der Waals surface area contributed by atoms with Crippen molar-refractivity contribution in [3.8, 4) is 0 Å². The van der Waals surface area contributed by atoms with Crippen LogP contribution in [0, 0.1) is 6.92 Å². The Hall–Kier alpha value is -2.58. The van der Waals surface area contributed by atoms with Crippen molar-refractivity contribution in [2.75, 3.05) is 23.7 Å². The van der Waals surface area contributed by atoms with Gasteiger partial charge in [-0.3, -0.25) is 13.9 Å². The zero-order chi connectivity index (χ0) is 26.9. The number of hydrogen-bond acceptors (Lipinski definition) is 4. The molecule has 0 aliphatic heterocycles. The van der Waals surface area contributed by atoms with E-state index >= 15 is 0 Å². The number of carbonyl (C=O) groups is 2. The van der Waals surface area contributed by atoms with Gasteiger partial charge in [0.25, 0.3) is 0 Å². The fraction of sp³-hybridized carbons (Fsp3) is 0.481. The molecule has 0 spiro atoms. The summed E-state index contributed by atoms with van der Waals surface area (Å²) in [7, 11) is -3.58. The molecule has 0 saturated heterocycles. The number of benzene rings is 2. The van der Waals surface area contributed by atoms with Crippen molar-refractivity contribution < 1.29 is 18.0 Å². The van der Waals surface area contributed by atoms with Gasteiger partial charge in [0.15, 0.2) is 0 Å². The zero-order valence-corrected chi connectivity index (χ0v) is 23.4. The highest BCUT2D eigenvalue weighted by Crippen LogP contribution is 2.27. The zero-order valence-electron chi connectivity index (χ0n) is 21.8. The largest absolute Gasteiger partial charge is 0.352 e. The number of sulfonamides is 1. The van der Waals surface area contributed by atoms with Crippen LogP contribution in [0.5, 0.6) is 0 Å². The molecule has 2 aromatic rings. The Balaban J connectivity index is 2.19. The van der Waals surface area contributed by atoms with Gasteiger partial charge in [0.1, 0.15) is 6.04 Å². The van der Waals surface area contributed by atoms with Gasteiger partial charge in [0.05, 0.1) is 11.9 Å². The smallest absolute Gasteiger partial charge is 0.242 e. The number of carbonyl (C=O) groups excluding carboxylic acids is 2. The van der Waals surface area contributed by atoms with Gasteiger partial charge in [-0.15, -0.1) is 0 Å². The normalized spacial score (nSPS) is 12.3. The van der Waals surface area contributed by atoms with Crippen LogP contribution < -0.4 is 9.62 Å². The van der Waals surface area contributed by atoms with Crippen LogP contribution in [-0.4, -0.2) is 56.6 Å². The average molecular weight is 536 g/mol. The van der Waals surface area contributed by atoms with E-state index in [1.165, 1.54) is 4.31 Å². The van der Waals surface area contributed by atoms with E-state index in [1.807, 2.05) is 58.0 Å². The summed E-state index contributed by atoms with van der Waals surface area (Å²) in [4.78, 5) is 27.9. The molecule has 0 aliphatic rings. The molecule has 9 heteroatoms. The summed E-state index contributed by atoms with van der Waals surface area (Å²) in [6.45, 7) is 8.01. The lowest BCUT2D eigenvalue weighted by atomic mass is 10.1. The molecule has 2 rings (SSSR count). The molecule has 0 heterocycles. The van der Waals surface area contributed by atoms with Crippen molar-refractivity contribution in [2.45, 2.75) is 65.5 Å². The Bertz CT molecular complexity index is 1120. The Morgan fingerprint density at radius 2 is 1.72 bits per heavy atom. The van der Waals surface area contributed by atoms with Gasteiger partial charge in [0.2, 0.25) is 21.8 Å². The van der Waals surface area contributed by atoms with Crippen molar-refractivity contribution in [3.63, 3.8) is 0 Å². The maximum atomic E-state index is 13.4. The van der Waals surface area contributed by atoms with Crippen molar-refractivity contribution in [1.29, 1.82) is 0 Å². The minimum atomic E-state index is -3.58. The first-order chi connectivity index (χ1) is 16.9. The Kier molecular flexibility index (Phi) is 11.2. The molecule has 1 atom stereocenters. The third-order valence-corrected chi connectivity index (χ3v) is 7.31. The molecule has 0 bridgehead atoms. The van der Waals surface area contributed by atoms with Crippen LogP contribution in [0.2, 0.25) is 5.02 Å². The lowest BCUT2D eigenvalue weighted by Crippen LogP contribution is -2.51. The molecule has 36 heavy (non-hydrogen) atoms. The average Bonchev–Trinajstić information content (AvgIpc) is 2.80. The highest BCUT2D eigenvalue weighted by atomic mass is 35.5. The van der Waals surface area contributed by atoms with Crippen LogP contribution in [0.4, 0.5) is 5.69 Å². The second-order valence-electron chi connectivity index (χ2n) is 9.28. The van der Waals surface area contributed by atoms with Crippen LogP contribution in [0.15, 0.2) is 48.5 Å². The fourth-order valence-electron chi connectivity index (χ4n) is 4.11. The quantitative estimate of drug-likeness (QED) is 0.407. The third-order valence-electron chi connectivity index (χ3n) is 5.89. The summed E-state index contributed by atoms with van der Waals surface area (Å²) >= 11 is 6.12.